The number of carbonyl (C=O) groups is 1. The van der Waals surface area contributed by atoms with Gasteiger partial charge in [0.15, 0.2) is 5.78 Å². The molecule has 0 unspecified atom stereocenters. The average Bonchev–Trinajstić information content (AvgIpc) is 3.07. The van der Waals surface area contributed by atoms with Gasteiger partial charge < -0.3 is 0 Å². The Hall–Kier alpha value is -6.39. The van der Waals surface area contributed by atoms with Crippen molar-refractivity contribution < 1.29 is 4.79 Å². The number of hydrogen-bond donors (Lipinski definition) is 0. The van der Waals surface area contributed by atoms with Crippen LogP contribution >= 0.6 is 0 Å². The van der Waals surface area contributed by atoms with Gasteiger partial charge in [-0.2, -0.15) is 0 Å². The minimum absolute atomic E-state index is 0.0738. The van der Waals surface area contributed by atoms with Gasteiger partial charge in [0.2, 0.25) is 0 Å². The van der Waals surface area contributed by atoms with Gasteiger partial charge in [-0.25, -0.2) is 0 Å². The molecule has 0 N–H and O–H groups in total. The number of nitrogens with zero attached hydrogens (tertiary/aromatic N) is 6. The molecule has 6 aromatic carbocycles. The number of ketones is 1. The van der Waals surface area contributed by atoms with Crippen molar-refractivity contribution in [3.63, 3.8) is 0 Å². The molecule has 6 aromatic rings. The third-order valence-corrected chi connectivity index (χ3v) is 7.39. The topological polar surface area (TPSA) is 115 Å². The molecule has 7 heteroatoms. The van der Waals surface area contributed by atoms with Crippen LogP contribution in [0.4, 0.5) is 11.4 Å². The predicted octanol–water partition coefficient (Wildman–Crippen LogP) is 11.4. The monoisotopic (exact) mass is 568 g/mol. The molecule has 0 saturated heterocycles. The molecule has 0 aliphatic heterocycles. The van der Waals surface area contributed by atoms with Crippen LogP contribution in [-0.4, -0.2) is 5.78 Å². The largest absolute Gasteiger partial charge is 0.289 e. The summed E-state index contributed by atoms with van der Waals surface area (Å²) in [6.07, 6.45) is 7.80. The van der Waals surface area contributed by atoms with Crippen molar-refractivity contribution in [1.82, 2.24) is 0 Å². The van der Waals surface area contributed by atoms with E-state index in [2.05, 4.69) is 20.1 Å². The number of azide groups is 2. The van der Waals surface area contributed by atoms with E-state index in [0.29, 0.717) is 22.5 Å². The molecule has 0 aliphatic carbocycles. The molecule has 7 nitrogen and oxygen atoms in total. The number of benzene rings is 6. The van der Waals surface area contributed by atoms with Crippen molar-refractivity contribution in [3.05, 3.63) is 176 Å². The predicted molar refractivity (Wildman–Crippen MR) is 180 cm³/mol. The maximum Gasteiger partial charge on any atom is 0.195 e. The molecule has 0 amide bonds. The summed E-state index contributed by atoms with van der Waals surface area (Å²) in [7, 11) is 0. The molecular weight excluding hydrogens is 544 g/mol. The molecule has 0 aromatic heterocycles. The highest BCUT2D eigenvalue weighted by Crippen LogP contribution is 2.32. The lowest BCUT2D eigenvalue weighted by molar-refractivity contribution is 0.104. The zero-order valence-corrected chi connectivity index (χ0v) is 23.4. The standard InChI is InChI=1S/C37H24N6O/c38-42-40-31-21-11-25(12-22-31)9-15-29-19-17-27-5-1-3-7-33(27)35(29)37(44)36-30(20-18-28-6-2-4-8-34(28)36)16-10-26-13-23-32(24-14-26)41-43-39/h1-24H. The first kappa shape index (κ1) is 27.8. The lowest BCUT2D eigenvalue weighted by Gasteiger charge is -2.14. The van der Waals surface area contributed by atoms with Crippen LogP contribution in [0, 0.1) is 0 Å². The molecule has 208 valence electrons. The minimum Gasteiger partial charge on any atom is -0.289 e. The second-order valence-electron chi connectivity index (χ2n) is 10.1. The fourth-order valence-electron chi connectivity index (χ4n) is 5.27. The highest BCUT2D eigenvalue weighted by Gasteiger charge is 2.21. The minimum atomic E-state index is -0.0738. The SMILES string of the molecule is [N-]=[N+]=Nc1ccc(C=Cc2ccc3ccccc3c2C(=O)c2c(C=Cc3ccc(N=[N+]=[N-])cc3)ccc3ccccc23)cc1. The summed E-state index contributed by atoms with van der Waals surface area (Å²) in [6.45, 7) is 0. The van der Waals surface area contributed by atoms with Crippen molar-refractivity contribution in [2.75, 3.05) is 0 Å². The third kappa shape index (κ3) is 5.82. The smallest absolute Gasteiger partial charge is 0.195 e. The van der Waals surface area contributed by atoms with Crippen LogP contribution in [0.25, 0.3) is 66.7 Å². The van der Waals surface area contributed by atoms with Crippen LogP contribution in [0.15, 0.2) is 132 Å². The Kier molecular flexibility index (Phi) is 7.97. The molecule has 0 bridgehead atoms. The van der Waals surface area contributed by atoms with E-state index in [1.165, 1.54) is 0 Å². The summed E-state index contributed by atoms with van der Waals surface area (Å²) in [5.74, 6) is -0.0738. The fourth-order valence-corrected chi connectivity index (χ4v) is 5.27. The van der Waals surface area contributed by atoms with E-state index in [4.69, 9.17) is 11.1 Å². The number of fused-ring (bicyclic) bond motifs is 2. The van der Waals surface area contributed by atoms with E-state index in [-0.39, 0.29) is 5.78 Å². The number of carbonyl (C=O) groups excluding carboxylic acids is 1. The fraction of sp³-hybridized carbons (Fsp3) is 0. The van der Waals surface area contributed by atoms with Crippen LogP contribution in [0.3, 0.4) is 0 Å². The van der Waals surface area contributed by atoms with Crippen molar-refractivity contribution in [2.45, 2.75) is 0 Å². The van der Waals surface area contributed by atoms with Crippen molar-refractivity contribution in [3.8, 4) is 0 Å². The Morgan fingerprint density at radius 1 is 0.500 bits per heavy atom. The van der Waals surface area contributed by atoms with Gasteiger partial charge >= 0.3 is 0 Å². The lowest BCUT2D eigenvalue weighted by atomic mass is 9.87. The van der Waals surface area contributed by atoms with Crippen LogP contribution in [-0.2, 0) is 0 Å². The van der Waals surface area contributed by atoms with Gasteiger partial charge in [0.05, 0.1) is 0 Å². The zero-order chi connectivity index (χ0) is 30.3. The Morgan fingerprint density at radius 2 is 0.909 bits per heavy atom. The first-order chi connectivity index (χ1) is 21.6. The molecule has 0 radical (unpaired) electrons. The first-order valence-electron chi connectivity index (χ1n) is 13.9. The van der Waals surface area contributed by atoms with Gasteiger partial charge in [-0.05, 0) is 54.9 Å². The van der Waals surface area contributed by atoms with Gasteiger partial charge in [0.25, 0.3) is 0 Å². The Labute approximate surface area is 253 Å². The molecule has 0 fully saturated rings. The van der Waals surface area contributed by atoms with E-state index in [0.717, 1.165) is 43.8 Å². The van der Waals surface area contributed by atoms with E-state index < -0.39 is 0 Å². The maximum absolute atomic E-state index is 14.8. The van der Waals surface area contributed by atoms with E-state index >= 15 is 0 Å². The first-order valence-corrected chi connectivity index (χ1v) is 13.9. The molecule has 0 aliphatic rings. The lowest BCUT2D eigenvalue weighted by Crippen LogP contribution is -2.08. The van der Waals surface area contributed by atoms with Gasteiger partial charge in [-0.1, -0.05) is 156 Å². The van der Waals surface area contributed by atoms with E-state index in [1.54, 1.807) is 24.3 Å². The summed E-state index contributed by atoms with van der Waals surface area (Å²) >= 11 is 0. The van der Waals surface area contributed by atoms with Gasteiger partial charge in [0, 0.05) is 32.3 Å². The zero-order valence-electron chi connectivity index (χ0n) is 23.4. The summed E-state index contributed by atoms with van der Waals surface area (Å²) in [5.41, 5.74) is 23.1. The highest BCUT2D eigenvalue weighted by atomic mass is 16.1. The van der Waals surface area contributed by atoms with Crippen LogP contribution < -0.4 is 0 Å². The third-order valence-electron chi connectivity index (χ3n) is 7.39. The van der Waals surface area contributed by atoms with E-state index in [9.17, 15) is 4.79 Å². The highest BCUT2D eigenvalue weighted by molar-refractivity contribution is 6.24. The maximum atomic E-state index is 14.8. The Morgan fingerprint density at radius 3 is 1.32 bits per heavy atom. The van der Waals surface area contributed by atoms with Crippen LogP contribution in [0.2, 0.25) is 0 Å². The van der Waals surface area contributed by atoms with E-state index in [1.807, 2.05) is 121 Å². The van der Waals surface area contributed by atoms with Crippen molar-refractivity contribution in [1.29, 1.82) is 0 Å². The van der Waals surface area contributed by atoms with Gasteiger partial charge in [0.1, 0.15) is 0 Å². The second-order valence-corrected chi connectivity index (χ2v) is 10.1. The Balaban J connectivity index is 1.49. The summed E-state index contributed by atoms with van der Waals surface area (Å²) in [4.78, 5) is 20.5. The van der Waals surface area contributed by atoms with Crippen LogP contribution in [0.1, 0.15) is 38.2 Å². The molecule has 44 heavy (non-hydrogen) atoms. The summed E-state index contributed by atoms with van der Waals surface area (Å²) in [6, 6.07) is 38.3. The second kappa shape index (κ2) is 12.6. The van der Waals surface area contributed by atoms with Crippen LogP contribution in [0.5, 0.6) is 0 Å². The van der Waals surface area contributed by atoms with Gasteiger partial charge in [-0.15, -0.1) is 0 Å². The summed E-state index contributed by atoms with van der Waals surface area (Å²) < 4.78 is 0. The molecule has 0 atom stereocenters. The quantitative estimate of drug-likeness (QED) is 0.0587. The van der Waals surface area contributed by atoms with Crippen molar-refractivity contribution >= 4 is 63.0 Å². The summed E-state index contributed by atoms with van der Waals surface area (Å²) in [5, 5.41) is 11.0. The van der Waals surface area contributed by atoms with Crippen molar-refractivity contribution in [2.24, 2.45) is 10.2 Å². The Bertz CT molecular complexity index is 2030. The number of rotatable bonds is 8. The molecular formula is C37H24N6O. The molecule has 0 saturated carbocycles. The molecule has 0 heterocycles. The van der Waals surface area contributed by atoms with Gasteiger partial charge in [-0.3, -0.25) is 4.79 Å². The average molecular weight is 569 g/mol. The normalized spacial score (nSPS) is 11.1. The molecule has 6 rings (SSSR count). The molecule has 0 spiro atoms. The number of hydrogen-bond acceptors (Lipinski definition) is 3.